The summed E-state index contributed by atoms with van der Waals surface area (Å²) in [6, 6.07) is 3.49. The zero-order chi connectivity index (χ0) is 13.1. The molecule has 2 heterocycles. The molecule has 0 aromatic carbocycles. The van der Waals surface area contributed by atoms with Gasteiger partial charge in [0, 0.05) is 13.3 Å². The molecule has 0 amide bonds. The van der Waals surface area contributed by atoms with Crippen molar-refractivity contribution in [2.24, 2.45) is 5.92 Å². The monoisotopic (exact) mass is 248 g/mol. The lowest BCUT2D eigenvalue weighted by Crippen LogP contribution is -2.10. The summed E-state index contributed by atoms with van der Waals surface area (Å²) < 4.78 is 10.5. The first-order chi connectivity index (χ1) is 8.63. The Labute approximate surface area is 105 Å². The first-order valence-corrected chi connectivity index (χ1v) is 5.70. The normalized spacial score (nSPS) is 12.9. The molecule has 1 atom stereocenters. The first-order valence-electron chi connectivity index (χ1n) is 5.70. The molecule has 2 aromatic heterocycles. The van der Waals surface area contributed by atoms with Crippen molar-refractivity contribution in [2.45, 2.75) is 20.0 Å². The third-order valence-electron chi connectivity index (χ3n) is 2.60. The van der Waals surface area contributed by atoms with Gasteiger partial charge in [0.1, 0.15) is 6.10 Å². The summed E-state index contributed by atoms with van der Waals surface area (Å²) in [5, 5.41) is 3.92. The molecule has 0 radical (unpaired) electrons. The minimum Gasteiger partial charge on any atom is -0.397 e. The average molecular weight is 248 g/mol. The number of nitrogens with zero attached hydrogens (tertiary/aromatic N) is 3. The third-order valence-corrected chi connectivity index (χ3v) is 2.60. The van der Waals surface area contributed by atoms with Crippen LogP contribution >= 0.6 is 0 Å². The number of aromatic nitrogens is 3. The minimum absolute atomic E-state index is 0.201. The van der Waals surface area contributed by atoms with Gasteiger partial charge in [-0.15, -0.1) is 0 Å². The first kappa shape index (κ1) is 12.5. The van der Waals surface area contributed by atoms with Gasteiger partial charge in [0.15, 0.2) is 5.69 Å². The summed E-state index contributed by atoms with van der Waals surface area (Å²) in [5.41, 5.74) is 6.81. The topological polar surface area (TPSA) is 87.1 Å². The maximum absolute atomic E-state index is 5.81. The highest BCUT2D eigenvalue weighted by Gasteiger charge is 2.22. The highest BCUT2D eigenvalue weighted by molar-refractivity contribution is 5.65. The Balaban J connectivity index is 2.34. The fourth-order valence-electron chi connectivity index (χ4n) is 1.72. The summed E-state index contributed by atoms with van der Waals surface area (Å²) in [6.07, 6.45) is 1.43. The zero-order valence-corrected chi connectivity index (χ0v) is 10.6. The predicted octanol–water partition coefficient (Wildman–Crippen LogP) is 2.06. The van der Waals surface area contributed by atoms with Crippen molar-refractivity contribution in [3.8, 4) is 11.6 Å². The van der Waals surface area contributed by atoms with Gasteiger partial charge in [0.2, 0.25) is 5.82 Å². The lowest BCUT2D eigenvalue weighted by molar-refractivity contribution is 0.0556. The zero-order valence-electron chi connectivity index (χ0n) is 10.6. The molecular formula is C12H16N4O2. The van der Waals surface area contributed by atoms with Crippen LogP contribution in [0.25, 0.3) is 11.6 Å². The Kier molecular flexibility index (Phi) is 3.57. The molecule has 2 N–H and O–H groups in total. The number of methoxy groups -OCH3 is 1. The summed E-state index contributed by atoms with van der Waals surface area (Å²) in [6.45, 7) is 4.05. The summed E-state index contributed by atoms with van der Waals surface area (Å²) in [4.78, 5) is 8.42. The smallest absolute Gasteiger partial charge is 0.278 e. The second-order valence-corrected chi connectivity index (χ2v) is 4.30. The number of rotatable bonds is 4. The maximum atomic E-state index is 5.81. The number of hydrogen-bond acceptors (Lipinski definition) is 6. The molecule has 1 unspecified atom stereocenters. The minimum atomic E-state index is -0.201. The number of ether oxygens (including phenoxy) is 1. The highest BCUT2D eigenvalue weighted by Crippen LogP contribution is 2.26. The van der Waals surface area contributed by atoms with Crippen molar-refractivity contribution >= 4 is 5.69 Å². The van der Waals surface area contributed by atoms with E-state index in [1.54, 1.807) is 25.4 Å². The van der Waals surface area contributed by atoms with E-state index in [1.807, 2.05) is 13.8 Å². The lowest BCUT2D eigenvalue weighted by atomic mass is 10.1. The lowest BCUT2D eigenvalue weighted by Gasteiger charge is -2.14. The maximum Gasteiger partial charge on any atom is 0.278 e. The molecule has 0 aliphatic carbocycles. The van der Waals surface area contributed by atoms with E-state index in [-0.39, 0.29) is 12.0 Å². The summed E-state index contributed by atoms with van der Waals surface area (Å²) in [7, 11) is 1.62. The molecule has 6 heteroatoms. The predicted molar refractivity (Wildman–Crippen MR) is 66.5 cm³/mol. The number of nitrogens with two attached hydrogens (primary N) is 1. The molecule has 18 heavy (non-hydrogen) atoms. The van der Waals surface area contributed by atoms with Crippen LogP contribution < -0.4 is 5.73 Å². The van der Waals surface area contributed by atoms with Crippen molar-refractivity contribution in [3.05, 3.63) is 24.2 Å². The van der Waals surface area contributed by atoms with Crippen LogP contribution in [-0.2, 0) is 4.74 Å². The van der Waals surface area contributed by atoms with Crippen molar-refractivity contribution in [2.75, 3.05) is 12.8 Å². The molecule has 0 spiro atoms. The van der Waals surface area contributed by atoms with Gasteiger partial charge in [-0.05, 0) is 18.1 Å². The quantitative estimate of drug-likeness (QED) is 0.891. The molecule has 2 rings (SSSR count). The number of nitrogen functional groups attached to an aromatic ring is 1. The van der Waals surface area contributed by atoms with Crippen molar-refractivity contribution in [1.29, 1.82) is 0 Å². The van der Waals surface area contributed by atoms with Crippen LogP contribution in [0.15, 0.2) is 22.9 Å². The second kappa shape index (κ2) is 5.14. The Morgan fingerprint density at radius 3 is 2.78 bits per heavy atom. The summed E-state index contributed by atoms with van der Waals surface area (Å²) in [5.74, 6) is 1.07. The molecule has 2 aromatic rings. The van der Waals surface area contributed by atoms with Crippen LogP contribution in [-0.4, -0.2) is 22.2 Å². The Morgan fingerprint density at radius 2 is 2.17 bits per heavy atom. The molecule has 0 bridgehead atoms. The van der Waals surface area contributed by atoms with E-state index in [2.05, 4.69) is 15.1 Å². The Hall–Kier alpha value is -1.95. The molecule has 0 saturated carbocycles. The second-order valence-electron chi connectivity index (χ2n) is 4.30. The molecule has 6 nitrogen and oxygen atoms in total. The van der Waals surface area contributed by atoms with E-state index in [4.69, 9.17) is 15.0 Å². The van der Waals surface area contributed by atoms with E-state index >= 15 is 0 Å². The Bertz CT molecular complexity index is 524. The van der Waals surface area contributed by atoms with Gasteiger partial charge in [-0.2, -0.15) is 4.98 Å². The third kappa shape index (κ3) is 2.33. The van der Waals surface area contributed by atoms with E-state index in [9.17, 15) is 0 Å². The van der Waals surface area contributed by atoms with Gasteiger partial charge >= 0.3 is 0 Å². The van der Waals surface area contributed by atoms with E-state index < -0.39 is 0 Å². The van der Waals surface area contributed by atoms with E-state index in [1.165, 1.54) is 0 Å². The molecular weight excluding hydrogens is 232 g/mol. The summed E-state index contributed by atoms with van der Waals surface area (Å²) >= 11 is 0. The van der Waals surface area contributed by atoms with Crippen LogP contribution in [0.5, 0.6) is 0 Å². The van der Waals surface area contributed by atoms with Gasteiger partial charge in [-0.1, -0.05) is 19.0 Å². The molecule has 96 valence electrons. The highest BCUT2D eigenvalue weighted by atomic mass is 16.5. The molecule has 0 saturated heterocycles. The fourth-order valence-corrected chi connectivity index (χ4v) is 1.72. The van der Waals surface area contributed by atoms with Gasteiger partial charge < -0.3 is 15.0 Å². The van der Waals surface area contributed by atoms with Crippen LogP contribution in [0.2, 0.25) is 0 Å². The number of pyridine rings is 1. The van der Waals surface area contributed by atoms with Crippen LogP contribution in [0.3, 0.4) is 0 Å². The molecule has 0 fully saturated rings. The van der Waals surface area contributed by atoms with E-state index in [0.29, 0.717) is 23.1 Å². The standard InChI is InChI=1S/C12H16N4O2/c1-7(2)10(17-3)11-15-12(18-16-11)9-8(13)5-4-6-14-9/h4-7,10H,13H2,1-3H3. The van der Waals surface area contributed by atoms with E-state index in [0.717, 1.165) is 0 Å². The average Bonchev–Trinajstić information content (AvgIpc) is 2.79. The van der Waals surface area contributed by atoms with Gasteiger partial charge in [0.05, 0.1) is 5.69 Å². The number of anilines is 1. The van der Waals surface area contributed by atoms with Crippen LogP contribution in [0.4, 0.5) is 5.69 Å². The van der Waals surface area contributed by atoms with Crippen LogP contribution in [0.1, 0.15) is 25.8 Å². The SMILES string of the molecule is COC(c1noc(-c2ncccc2N)n1)C(C)C. The van der Waals surface area contributed by atoms with Crippen molar-refractivity contribution in [1.82, 2.24) is 15.1 Å². The number of hydrogen-bond donors (Lipinski definition) is 1. The van der Waals surface area contributed by atoms with Gasteiger partial charge in [-0.3, -0.25) is 0 Å². The van der Waals surface area contributed by atoms with Crippen LogP contribution in [0, 0.1) is 5.92 Å². The van der Waals surface area contributed by atoms with Crippen molar-refractivity contribution < 1.29 is 9.26 Å². The Morgan fingerprint density at radius 1 is 1.39 bits per heavy atom. The molecule has 0 aliphatic rings. The largest absolute Gasteiger partial charge is 0.397 e. The molecule has 0 aliphatic heterocycles. The fraction of sp³-hybridized carbons (Fsp3) is 0.417. The van der Waals surface area contributed by atoms with Gasteiger partial charge in [-0.25, -0.2) is 4.98 Å². The van der Waals surface area contributed by atoms with Crippen molar-refractivity contribution in [3.63, 3.8) is 0 Å². The van der Waals surface area contributed by atoms with Gasteiger partial charge in [0.25, 0.3) is 5.89 Å².